The number of hydrogen-bond donors (Lipinski definition) is 1. The third-order valence-electron chi connectivity index (χ3n) is 6.93. The maximum absolute atomic E-state index is 13.1. The summed E-state index contributed by atoms with van der Waals surface area (Å²) in [6.45, 7) is 3.81. The Kier molecular flexibility index (Phi) is 6.98. The number of thioether (sulfide) groups is 1. The molecule has 3 aromatic carbocycles. The van der Waals surface area contributed by atoms with E-state index in [2.05, 4.69) is 29.2 Å². The fraction of sp³-hybridized carbons (Fsp3) is 0.357. The molecule has 0 saturated carbocycles. The van der Waals surface area contributed by atoms with Crippen molar-refractivity contribution in [3.05, 3.63) is 89.0 Å². The third-order valence-corrected chi connectivity index (χ3v) is 7.93. The monoisotopic (exact) mass is 499 g/mol. The van der Waals surface area contributed by atoms with Gasteiger partial charge in [-0.2, -0.15) is 13.2 Å². The number of benzene rings is 3. The number of phenolic OH excluding ortho intramolecular Hbond substituents is 1. The van der Waals surface area contributed by atoms with Crippen LogP contribution in [-0.2, 0) is 6.18 Å². The first-order valence-corrected chi connectivity index (χ1v) is 12.9. The Labute approximate surface area is 207 Å². The van der Waals surface area contributed by atoms with Crippen LogP contribution >= 0.6 is 11.8 Å². The Morgan fingerprint density at radius 1 is 0.914 bits per heavy atom. The second-order valence-corrected chi connectivity index (χ2v) is 10.4. The van der Waals surface area contributed by atoms with Crippen LogP contribution in [0, 0.1) is 0 Å². The Bertz CT molecular complexity index is 1140. The smallest absolute Gasteiger partial charge is 0.416 e. The van der Waals surface area contributed by atoms with Crippen molar-refractivity contribution in [2.24, 2.45) is 0 Å². The molecule has 2 aliphatic rings. The lowest BCUT2D eigenvalue weighted by atomic mass is 9.76. The van der Waals surface area contributed by atoms with E-state index in [0.29, 0.717) is 12.4 Å². The molecule has 184 valence electrons. The van der Waals surface area contributed by atoms with Gasteiger partial charge in [-0.3, -0.25) is 0 Å². The van der Waals surface area contributed by atoms with Crippen LogP contribution in [0.4, 0.5) is 13.2 Å². The van der Waals surface area contributed by atoms with E-state index in [-0.39, 0.29) is 17.6 Å². The molecule has 3 nitrogen and oxygen atoms in total. The molecule has 0 unspecified atom stereocenters. The molecule has 2 atom stereocenters. The second-order valence-electron chi connectivity index (χ2n) is 9.20. The molecule has 5 rings (SSSR count). The van der Waals surface area contributed by atoms with Crippen molar-refractivity contribution in [1.29, 1.82) is 0 Å². The molecular formula is C28H28F3NO2S. The fourth-order valence-corrected chi connectivity index (χ4v) is 6.00. The predicted octanol–water partition coefficient (Wildman–Crippen LogP) is 6.91. The lowest BCUT2D eigenvalue weighted by molar-refractivity contribution is -0.137. The van der Waals surface area contributed by atoms with Crippen LogP contribution in [0.3, 0.4) is 0 Å². The maximum atomic E-state index is 13.1. The van der Waals surface area contributed by atoms with E-state index < -0.39 is 11.7 Å². The molecule has 7 heteroatoms. The molecule has 1 fully saturated rings. The number of fused-ring (bicyclic) bond motifs is 1. The normalized spacial score (nSPS) is 20.4. The summed E-state index contributed by atoms with van der Waals surface area (Å²) in [6.07, 6.45) is -1.78. The van der Waals surface area contributed by atoms with Gasteiger partial charge in [0.15, 0.2) is 0 Å². The third kappa shape index (κ3) is 5.46. The van der Waals surface area contributed by atoms with Crippen LogP contribution in [0.1, 0.15) is 46.9 Å². The highest BCUT2D eigenvalue weighted by Crippen LogP contribution is 2.47. The lowest BCUT2D eigenvalue weighted by Crippen LogP contribution is -2.25. The van der Waals surface area contributed by atoms with Crippen molar-refractivity contribution in [2.45, 2.75) is 35.7 Å². The molecule has 35 heavy (non-hydrogen) atoms. The SMILES string of the molecule is Oc1ccc2c(c1)OC[C@@H](c1ccc(C(F)(F)F)cc1)[C@H]2c1ccc(SCCN2CCCC2)cc1. The number of halogens is 3. The van der Waals surface area contributed by atoms with Crippen LogP contribution in [-0.4, -0.2) is 42.0 Å². The summed E-state index contributed by atoms with van der Waals surface area (Å²) in [4.78, 5) is 3.71. The number of alkyl halides is 3. The molecule has 0 bridgehead atoms. The van der Waals surface area contributed by atoms with E-state index in [1.54, 1.807) is 24.3 Å². The van der Waals surface area contributed by atoms with E-state index in [1.807, 2.05) is 17.8 Å². The first-order chi connectivity index (χ1) is 16.9. The van der Waals surface area contributed by atoms with Gasteiger partial charge < -0.3 is 14.7 Å². The van der Waals surface area contributed by atoms with Crippen molar-refractivity contribution in [2.75, 3.05) is 32.0 Å². The van der Waals surface area contributed by atoms with Gasteiger partial charge in [-0.1, -0.05) is 30.3 Å². The summed E-state index contributed by atoms with van der Waals surface area (Å²) in [5.74, 6) is 1.54. The van der Waals surface area contributed by atoms with Crippen LogP contribution in [0.2, 0.25) is 0 Å². The van der Waals surface area contributed by atoms with Crippen molar-refractivity contribution in [3.8, 4) is 11.5 Å². The van der Waals surface area contributed by atoms with E-state index in [1.165, 1.54) is 30.8 Å². The summed E-state index contributed by atoms with van der Waals surface area (Å²) in [7, 11) is 0. The Morgan fingerprint density at radius 3 is 2.29 bits per heavy atom. The predicted molar refractivity (Wildman–Crippen MR) is 132 cm³/mol. The number of hydrogen-bond acceptors (Lipinski definition) is 4. The molecule has 3 aromatic rings. The van der Waals surface area contributed by atoms with Gasteiger partial charge in [0.05, 0.1) is 12.2 Å². The van der Waals surface area contributed by atoms with Gasteiger partial charge in [0.25, 0.3) is 0 Å². The highest BCUT2D eigenvalue weighted by Gasteiger charge is 2.35. The van der Waals surface area contributed by atoms with E-state index in [0.717, 1.165) is 41.1 Å². The zero-order chi connectivity index (χ0) is 24.4. The summed E-state index contributed by atoms with van der Waals surface area (Å²) in [6, 6.07) is 19.0. The largest absolute Gasteiger partial charge is 0.508 e. The van der Waals surface area contributed by atoms with Gasteiger partial charge in [-0.05, 0) is 67.4 Å². The Balaban J connectivity index is 1.40. The van der Waals surface area contributed by atoms with Crippen molar-refractivity contribution in [3.63, 3.8) is 0 Å². The highest BCUT2D eigenvalue weighted by molar-refractivity contribution is 7.99. The van der Waals surface area contributed by atoms with Crippen LogP contribution in [0.5, 0.6) is 11.5 Å². The molecule has 0 aliphatic carbocycles. The minimum atomic E-state index is -4.37. The molecule has 0 spiro atoms. The Hall–Kier alpha value is -2.64. The number of nitrogens with zero attached hydrogens (tertiary/aromatic N) is 1. The van der Waals surface area contributed by atoms with Gasteiger partial charge >= 0.3 is 6.18 Å². The number of ether oxygens (including phenoxy) is 1. The Morgan fingerprint density at radius 2 is 1.60 bits per heavy atom. The van der Waals surface area contributed by atoms with Crippen molar-refractivity contribution in [1.82, 2.24) is 4.90 Å². The molecule has 2 heterocycles. The number of phenols is 1. The van der Waals surface area contributed by atoms with Gasteiger partial charge in [-0.15, -0.1) is 11.8 Å². The molecule has 1 N–H and O–H groups in total. The molecule has 1 saturated heterocycles. The van der Waals surface area contributed by atoms with Crippen molar-refractivity contribution < 1.29 is 23.0 Å². The van der Waals surface area contributed by atoms with E-state index in [9.17, 15) is 18.3 Å². The first-order valence-electron chi connectivity index (χ1n) is 12.0. The highest BCUT2D eigenvalue weighted by atomic mass is 32.2. The number of likely N-dealkylation sites (tertiary alicyclic amines) is 1. The van der Waals surface area contributed by atoms with Crippen LogP contribution in [0.25, 0.3) is 0 Å². The van der Waals surface area contributed by atoms with Gasteiger partial charge in [-0.25, -0.2) is 0 Å². The van der Waals surface area contributed by atoms with Gasteiger partial charge in [0.2, 0.25) is 0 Å². The van der Waals surface area contributed by atoms with Gasteiger partial charge in [0, 0.05) is 40.7 Å². The summed E-state index contributed by atoms with van der Waals surface area (Å²) in [5, 5.41) is 9.94. The van der Waals surface area contributed by atoms with Gasteiger partial charge in [0.1, 0.15) is 11.5 Å². The average molecular weight is 500 g/mol. The average Bonchev–Trinajstić information content (AvgIpc) is 3.37. The van der Waals surface area contributed by atoms with E-state index >= 15 is 0 Å². The summed E-state index contributed by atoms with van der Waals surface area (Å²) >= 11 is 1.85. The van der Waals surface area contributed by atoms with Crippen LogP contribution < -0.4 is 4.74 Å². The fourth-order valence-electron chi connectivity index (χ4n) is 5.09. The first kappa shape index (κ1) is 24.1. The standard InChI is InChI=1S/C28H28F3NO2S/c29-28(30,31)21-7-3-19(4-8-21)25-18-34-26-17-22(33)9-12-24(26)27(25)20-5-10-23(11-6-20)35-16-15-32-13-1-2-14-32/h3-12,17,25,27,33H,1-2,13-16,18H2/t25-,27-/m0/s1. The minimum absolute atomic E-state index is 0.0975. The molecule has 0 radical (unpaired) electrons. The summed E-state index contributed by atoms with van der Waals surface area (Å²) < 4.78 is 45.3. The topological polar surface area (TPSA) is 32.7 Å². The van der Waals surface area contributed by atoms with E-state index in [4.69, 9.17) is 4.74 Å². The zero-order valence-electron chi connectivity index (χ0n) is 19.3. The zero-order valence-corrected chi connectivity index (χ0v) is 20.1. The number of rotatable bonds is 6. The second kappa shape index (κ2) is 10.2. The molecular weight excluding hydrogens is 471 g/mol. The summed E-state index contributed by atoms with van der Waals surface area (Å²) in [5.41, 5.74) is 2.14. The minimum Gasteiger partial charge on any atom is -0.508 e. The molecule has 2 aliphatic heterocycles. The lowest BCUT2D eigenvalue weighted by Gasteiger charge is -2.34. The number of aromatic hydroxyl groups is 1. The van der Waals surface area contributed by atoms with Crippen molar-refractivity contribution >= 4 is 11.8 Å². The molecule has 0 amide bonds. The molecule has 0 aromatic heterocycles. The maximum Gasteiger partial charge on any atom is 0.416 e. The van der Waals surface area contributed by atoms with Crippen LogP contribution in [0.15, 0.2) is 71.6 Å². The quantitative estimate of drug-likeness (QED) is 0.374.